The van der Waals surface area contributed by atoms with E-state index in [2.05, 4.69) is 15.1 Å². The minimum atomic E-state index is -0.227. The van der Waals surface area contributed by atoms with Gasteiger partial charge in [0, 0.05) is 18.7 Å². The Labute approximate surface area is 208 Å². The highest BCUT2D eigenvalue weighted by atomic mass is 16.5. The molecule has 1 aliphatic rings. The number of aromatic nitrogens is 3. The topological polar surface area (TPSA) is 111 Å². The van der Waals surface area contributed by atoms with E-state index in [1.54, 1.807) is 41.3 Å². The van der Waals surface area contributed by atoms with Gasteiger partial charge >= 0.3 is 0 Å². The van der Waals surface area contributed by atoms with Gasteiger partial charge in [-0.1, -0.05) is 23.4 Å². The number of carbonyl (C=O) groups is 1. The number of nitrogens with zero attached hydrogens (tertiary/aromatic N) is 3. The van der Waals surface area contributed by atoms with E-state index >= 15 is 0 Å². The molecule has 1 fully saturated rings. The van der Waals surface area contributed by atoms with Gasteiger partial charge in [-0.15, -0.1) is 0 Å². The van der Waals surface area contributed by atoms with Gasteiger partial charge < -0.3 is 23.9 Å². The van der Waals surface area contributed by atoms with Gasteiger partial charge in [0.05, 0.1) is 34.8 Å². The fraction of sp³-hybridized carbons (Fsp3) is 0.333. The molecule has 0 unspecified atom stereocenters. The maximum atomic E-state index is 13.6. The van der Waals surface area contributed by atoms with Crippen LogP contribution >= 0.6 is 0 Å². The standard InChI is InChI=1S/C27H28N4O5/c1-17-23(18(2)36-30-17)16-35-20-8-5-7-19(13-20)27(33)31(14-21-9-6-12-34-21)15-25-28-24-11-4-3-10-22(24)26(32)29-25/h3-5,7-8,10-11,13,21H,6,9,12,14-16H2,1-2H3,(H,28,29,32)/t21-/m0/s1. The van der Waals surface area contributed by atoms with Crippen molar-refractivity contribution >= 4 is 16.8 Å². The largest absolute Gasteiger partial charge is 0.489 e. The van der Waals surface area contributed by atoms with Crippen molar-refractivity contribution in [3.63, 3.8) is 0 Å². The minimum Gasteiger partial charge on any atom is -0.489 e. The normalized spacial score (nSPS) is 15.3. The lowest BCUT2D eigenvalue weighted by molar-refractivity contribution is 0.0501. The molecule has 0 spiro atoms. The van der Waals surface area contributed by atoms with Crippen molar-refractivity contribution in [3.8, 4) is 5.75 Å². The summed E-state index contributed by atoms with van der Waals surface area (Å²) in [5.74, 6) is 1.51. The van der Waals surface area contributed by atoms with Gasteiger partial charge in [-0.3, -0.25) is 9.59 Å². The molecule has 1 amide bonds. The van der Waals surface area contributed by atoms with Crippen LogP contribution in [0.5, 0.6) is 5.75 Å². The molecule has 2 aromatic carbocycles. The zero-order chi connectivity index (χ0) is 25.1. The van der Waals surface area contributed by atoms with Crippen molar-refractivity contribution in [2.45, 2.75) is 45.9 Å². The fourth-order valence-corrected chi connectivity index (χ4v) is 4.41. The number of fused-ring (bicyclic) bond motifs is 1. The van der Waals surface area contributed by atoms with Crippen LogP contribution in [0.15, 0.2) is 57.8 Å². The van der Waals surface area contributed by atoms with Crippen molar-refractivity contribution < 1.29 is 18.8 Å². The molecule has 1 aliphatic heterocycles. The van der Waals surface area contributed by atoms with E-state index in [9.17, 15) is 9.59 Å². The number of rotatable bonds is 8. The Bertz CT molecular complexity index is 1420. The van der Waals surface area contributed by atoms with Crippen LogP contribution in [-0.2, 0) is 17.9 Å². The molecule has 0 saturated carbocycles. The van der Waals surface area contributed by atoms with E-state index < -0.39 is 0 Å². The number of amides is 1. The quantitative estimate of drug-likeness (QED) is 0.400. The van der Waals surface area contributed by atoms with Crippen molar-refractivity contribution in [1.29, 1.82) is 0 Å². The smallest absolute Gasteiger partial charge is 0.258 e. The first-order chi connectivity index (χ1) is 17.5. The van der Waals surface area contributed by atoms with Crippen molar-refractivity contribution in [3.05, 3.63) is 87.3 Å². The highest BCUT2D eigenvalue weighted by Crippen LogP contribution is 2.21. The number of hydrogen-bond donors (Lipinski definition) is 1. The van der Waals surface area contributed by atoms with Gasteiger partial charge in [0.1, 0.15) is 23.9 Å². The Hall–Kier alpha value is -3.98. The Balaban J connectivity index is 1.38. The maximum absolute atomic E-state index is 13.6. The summed E-state index contributed by atoms with van der Waals surface area (Å²) in [6.07, 6.45) is 1.79. The Morgan fingerprint density at radius 1 is 1.19 bits per heavy atom. The SMILES string of the molecule is Cc1noc(C)c1COc1cccc(C(=O)N(Cc2nc3ccccc3c(=O)[nH]2)C[C@@H]2CCCO2)c1. The molecule has 4 aromatic rings. The molecule has 0 bridgehead atoms. The zero-order valence-corrected chi connectivity index (χ0v) is 20.3. The number of aromatic amines is 1. The predicted molar refractivity (Wildman–Crippen MR) is 133 cm³/mol. The molecule has 9 nitrogen and oxygen atoms in total. The Morgan fingerprint density at radius 2 is 2.06 bits per heavy atom. The number of ether oxygens (including phenoxy) is 2. The highest BCUT2D eigenvalue weighted by Gasteiger charge is 2.25. The van der Waals surface area contributed by atoms with Crippen molar-refractivity contribution in [2.75, 3.05) is 13.2 Å². The average molecular weight is 489 g/mol. The Morgan fingerprint density at radius 3 is 2.83 bits per heavy atom. The number of hydrogen-bond acceptors (Lipinski definition) is 7. The number of aryl methyl sites for hydroxylation is 2. The number of carbonyl (C=O) groups excluding carboxylic acids is 1. The second-order valence-corrected chi connectivity index (χ2v) is 8.97. The third-order valence-electron chi connectivity index (χ3n) is 6.38. The fourth-order valence-electron chi connectivity index (χ4n) is 4.41. The van der Waals surface area contributed by atoms with Gasteiger partial charge in [-0.05, 0) is 57.0 Å². The summed E-state index contributed by atoms with van der Waals surface area (Å²) >= 11 is 0. The number of H-pyrrole nitrogens is 1. The van der Waals surface area contributed by atoms with E-state index in [1.165, 1.54) is 0 Å². The monoisotopic (exact) mass is 488 g/mol. The van der Waals surface area contributed by atoms with Gasteiger partial charge in [0.2, 0.25) is 0 Å². The summed E-state index contributed by atoms with van der Waals surface area (Å²) in [5, 5.41) is 4.47. The lowest BCUT2D eigenvalue weighted by atomic mass is 10.1. The lowest BCUT2D eigenvalue weighted by Crippen LogP contribution is -2.37. The van der Waals surface area contributed by atoms with Crippen LogP contribution in [0.1, 0.15) is 46.0 Å². The van der Waals surface area contributed by atoms with Crippen LogP contribution in [0.4, 0.5) is 0 Å². The van der Waals surface area contributed by atoms with Crippen molar-refractivity contribution in [1.82, 2.24) is 20.0 Å². The van der Waals surface area contributed by atoms with E-state index in [1.807, 2.05) is 26.0 Å². The molecular formula is C27H28N4O5. The van der Waals surface area contributed by atoms with Crippen LogP contribution in [0.25, 0.3) is 10.9 Å². The highest BCUT2D eigenvalue weighted by molar-refractivity contribution is 5.94. The van der Waals surface area contributed by atoms with Crippen LogP contribution in [0.3, 0.4) is 0 Å². The maximum Gasteiger partial charge on any atom is 0.258 e. The third kappa shape index (κ3) is 5.16. The van der Waals surface area contributed by atoms with Crippen molar-refractivity contribution in [2.24, 2.45) is 0 Å². The first-order valence-electron chi connectivity index (χ1n) is 12.0. The summed E-state index contributed by atoms with van der Waals surface area (Å²) < 4.78 is 16.9. The molecule has 3 heterocycles. The number of nitrogens with one attached hydrogen (secondary N) is 1. The summed E-state index contributed by atoms with van der Waals surface area (Å²) in [6, 6.07) is 14.2. The second kappa shape index (κ2) is 10.3. The van der Waals surface area contributed by atoms with Gasteiger partial charge in [0.15, 0.2) is 0 Å². The third-order valence-corrected chi connectivity index (χ3v) is 6.38. The molecule has 0 radical (unpaired) electrons. The van der Waals surface area contributed by atoms with Crippen LogP contribution in [0.2, 0.25) is 0 Å². The van der Waals surface area contributed by atoms with Gasteiger partial charge in [-0.2, -0.15) is 0 Å². The molecule has 2 aromatic heterocycles. The molecule has 36 heavy (non-hydrogen) atoms. The van der Waals surface area contributed by atoms with E-state index in [-0.39, 0.29) is 24.1 Å². The first-order valence-corrected chi connectivity index (χ1v) is 12.0. The summed E-state index contributed by atoms with van der Waals surface area (Å²) in [5.41, 5.74) is 2.51. The van der Waals surface area contributed by atoms with E-state index in [0.717, 1.165) is 24.1 Å². The average Bonchev–Trinajstić information content (AvgIpc) is 3.51. The summed E-state index contributed by atoms with van der Waals surface area (Å²) in [6.45, 7) is 5.24. The molecule has 1 N–H and O–H groups in total. The van der Waals surface area contributed by atoms with Crippen LogP contribution in [0, 0.1) is 13.8 Å². The Kier molecular flexibility index (Phi) is 6.81. The van der Waals surface area contributed by atoms with E-state index in [0.29, 0.717) is 53.6 Å². The molecule has 186 valence electrons. The predicted octanol–water partition coefficient (Wildman–Crippen LogP) is 3.93. The molecule has 5 rings (SSSR count). The van der Waals surface area contributed by atoms with E-state index in [4.69, 9.17) is 14.0 Å². The molecule has 1 saturated heterocycles. The van der Waals surface area contributed by atoms with Crippen LogP contribution in [-0.4, -0.2) is 45.2 Å². The molecule has 0 aliphatic carbocycles. The van der Waals surface area contributed by atoms with Gasteiger partial charge in [0.25, 0.3) is 11.5 Å². The lowest BCUT2D eigenvalue weighted by Gasteiger charge is -2.25. The minimum absolute atomic E-state index is 0.0555. The first kappa shape index (κ1) is 23.7. The van der Waals surface area contributed by atoms with Gasteiger partial charge in [-0.25, -0.2) is 4.98 Å². The van der Waals surface area contributed by atoms with Crippen LogP contribution < -0.4 is 10.3 Å². The summed E-state index contributed by atoms with van der Waals surface area (Å²) in [4.78, 5) is 35.3. The molecule has 9 heteroatoms. The zero-order valence-electron chi connectivity index (χ0n) is 20.3. The molecular weight excluding hydrogens is 460 g/mol. The summed E-state index contributed by atoms with van der Waals surface area (Å²) in [7, 11) is 0. The number of para-hydroxylation sites is 1. The molecule has 1 atom stereocenters. The number of benzene rings is 2. The second-order valence-electron chi connectivity index (χ2n) is 8.97.